The summed E-state index contributed by atoms with van der Waals surface area (Å²) in [6, 6.07) is 8.44. The maximum atomic E-state index is 13.0. The van der Waals surface area contributed by atoms with Crippen LogP contribution in [0.2, 0.25) is 0 Å². The number of methoxy groups -OCH3 is 1. The lowest BCUT2D eigenvalue weighted by atomic mass is 10.1. The topological polar surface area (TPSA) is 262 Å². The molecule has 250 valence electrons. The van der Waals surface area contributed by atoms with E-state index in [2.05, 4.69) is 30.9 Å². The summed E-state index contributed by atoms with van der Waals surface area (Å²) in [5.74, 6) is -1.72. The molecule has 0 aliphatic carbocycles. The number of phenols is 1. The van der Waals surface area contributed by atoms with E-state index in [9.17, 15) is 24.3 Å². The minimum Gasteiger partial charge on any atom is -0.506 e. The number of ether oxygens (including phenoxy) is 1. The molecule has 18 heteroatoms. The molecule has 0 fully saturated rings. The number of hydrogen-bond acceptors (Lipinski definition) is 12. The highest BCUT2D eigenvalue weighted by Crippen LogP contribution is 2.32. The molecule has 6 rings (SSSR count). The van der Waals surface area contributed by atoms with Gasteiger partial charge in [0, 0.05) is 36.3 Å². The average molecular weight is 669 g/mol. The van der Waals surface area contributed by atoms with Gasteiger partial charge in [-0.15, -0.1) is 0 Å². The zero-order valence-electron chi connectivity index (χ0n) is 26.2. The Morgan fingerprint density at radius 3 is 1.69 bits per heavy atom. The molecule has 0 saturated heterocycles. The van der Waals surface area contributed by atoms with Gasteiger partial charge >= 0.3 is 0 Å². The first-order chi connectivity index (χ1) is 23.4. The second-order valence-electron chi connectivity index (χ2n) is 10.8. The maximum absolute atomic E-state index is 13.0. The number of primary amides is 2. The Bertz CT molecular complexity index is 2330. The van der Waals surface area contributed by atoms with E-state index >= 15 is 0 Å². The summed E-state index contributed by atoms with van der Waals surface area (Å²) >= 11 is 0. The number of anilines is 2. The smallest absolute Gasteiger partial charge is 0.280 e. The van der Waals surface area contributed by atoms with Crippen molar-refractivity contribution in [3.63, 3.8) is 0 Å². The Hall–Kier alpha value is -6.98. The third kappa shape index (κ3) is 6.24. The summed E-state index contributed by atoms with van der Waals surface area (Å²) in [6.45, 7) is 3.45. The molecule has 0 bridgehead atoms. The molecule has 49 heavy (non-hydrogen) atoms. The van der Waals surface area contributed by atoms with E-state index in [0.29, 0.717) is 22.6 Å². The molecule has 0 spiro atoms. The largest absolute Gasteiger partial charge is 0.506 e. The van der Waals surface area contributed by atoms with E-state index in [1.807, 2.05) is 0 Å². The number of fused-ring (bicyclic) bond motifs is 2. The molecule has 0 saturated carbocycles. The van der Waals surface area contributed by atoms with Crippen LogP contribution in [0.25, 0.3) is 22.1 Å². The molecule has 0 aliphatic heterocycles. The van der Waals surface area contributed by atoms with Crippen LogP contribution < -0.4 is 26.8 Å². The number of allylic oxidation sites excluding steroid dienone is 2. The van der Waals surface area contributed by atoms with Gasteiger partial charge in [0.1, 0.15) is 34.1 Å². The van der Waals surface area contributed by atoms with Crippen molar-refractivity contribution in [2.75, 3.05) is 17.7 Å². The molecule has 2 aromatic carbocycles. The third-order valence-electron chi connectivity index (χ3n) is 7.33. The normalized spacial score (nSPS) is 11.4. The predicted molar refractivity (Wildman–Crippen MR) is 172 cm³/mol. The fraction of sp³-hybridized carbons (Fsp3) is 0.161. The quantitative estimate of drug-likeness (QED) is 0.125. The van der Waals surface area contributed by atoms with Crippen molar-refractivity contribution >= 4 is 57.6 Å². The van der Waals surface area contributed by atoms with E-state index < -0.39 is 23.6 Å². The van der Waals surface area contributed by atoms with Gasteiger partial charge in [-0.25, -0.2) is 9.97 Å². The van der Waals surface area contributed by atoms with Crippen LogP contribution >= 0.6 is 0 Å². The number of rotatable bonds is 11. The molecule has 4 amide bonds. The second kappa shape index (κ2) is 12.7. The molecule has 0 radical (unpaired) electrons. The Labute approximate surface area is 275 Å². The van der Waals surface area contributed by atoms with Crippen molar-refractivity contribution in [3.05, 3.63) is 82.6 Å². The van der Waals surface area contributed by atoms with Gasteiger partial charge in [0.15, 0.2) is 11.4 Å². The number of nitrogens with two attached hydrogens (primary N) is 2. The van der Waals surface area contributed by atoms with Gasteiger partial charge in [0.2, 0.25) is 23.7 Å². The van der Waals surface area contributed by atoms with Gasteiger partial charge in [-0.1, -0.05) is 22.5 Å². The van der Waals surface area contributed by atoms with E-state index in [1.54, 1.807) is 30.6 Å². The summed E-state index contributed by atoms with van der Waals surface area (Å²) < 4.78 is 18.7. The first-order valence-corrected chi connectivity index (χ1v) is 14.5. The maximum Gasteiger partial charge on any atom is 0.280 e. The lowest BCUT2D eigenvalue weighted by molar-refractivity contribution is 0.0991. The first-order valence-electron chi connectivity index (χ1n) is 14.5. The van der Waals surface area contributed by atoms with Gasteiger partial charge in [0.05, 0.1) is 18.1 Å². The Morgan fingerprint density at radius 1 is 0.776 bits per heavy atom. The van der Waals surface area contributed by atoms with Crippen LogP contribution in [0.3, 0.4) is 0 Å². The second-order valence-corrected chi connectivity index (χ2v) is 10.8. The SMILES string of the molecule is COc1cc(C(N)=O)cc2nc(NC(=O)c3cc(C)on3)n(C/C=C/Cn3c(NC(=O)c4cc(C)on4)nc4cc(C(N)=O)cc(O)c43)c12. The Balaban J connectivity index is 1.36. The lowest BCUT2D eigenvalue weighted by Gasteiger charge is -2.11. The zero-order chi connectivity index (χ0) is 35.0. The number of benzene rings is 2. The number of phenolic OH excluding ortho intramolecular Hbond substituents is 1. The van der Waals surface area contributed by atoms with Gasteiger partial charge in [0.25, 0.3) is 11.8 Å². The molecular weight excluding hydrogens is 640 g/mol. The van der Waals surface area contributed by atoms with Crippen LogP contribution in [-0.4, -0.2) is 65.3 Å². The lowest BCUT2D eigenvalue weighted by Crippen LogP contribution is -2.16. The van der Waals surface area contributed by atoms with E-state index in [1.165, 1.54) is 48.1 Å². The van der Waals surface area contributed by atoms with Crippen LogP contribution in [0.1, 0.15) is 53.2 Å². The van der Waals surface area contributed by atoms with Crippen molar-refractivity contribution < 1.29 is 38.1 Å². The number of aromatic hydroxyl groups is 1. The van der Waals surface area contributed by atoms with Gasteiger partial charge < -0.3 is 39.5 Å². The average Bonchev–Trinajstić information content (AvgIpc) is 3.84. The summed E-state index contributed by atoms with van der Waals surface area (Å²) in [7, 11) is 1.42. The molecule has 4 aromatic heterocycles. The summed E-state index contributed by atoms with van der Waals surface area (Å²) in [6.07, 6.45) is 3.44. The van der Waals surface area contributed by atoms with Crippen LogP contribution in [0.4, 0.5) is 11.9 Å². The molecule has 0 atom stereocenters. The van der Waals surface area contributed by atoms with Gasteiger partial charge in [-0.2, -0.15) is 0 Å². The molecule has 7 N–H and O–H groups in total. The fourth-order valence-electron chi connectivity index (χ4n) is 5.10. The summed E-state index contributed by atoms with van der Waals surface area (Å²) in [5.41, 5.74) is 12.3. The molecule has 18 nitrogen and oxygen atoms in total. The van der Waals surface area contributed by atoms with Crippen molar-refractivity contribution in [2.45, 2.75) is 26.9 Å². The van der Waals surface area contributed by atoms with Crippen molar-refractivity contribution in [1.29, 1.82) is 0 Å². The number of hydrogen-bond donors (Lipinski definition) is 5. The van der Waals surface area contributed by atoms with Crippen molar-refractivity contribution in [1.82, 2.24) is 29.4 Å². The molecule has 6 aromatic rings. The number of nitrogens with one attached hydrogen (secondary N) is 2. The highest BCUT2D eigenvalue weighted by molar-refractivity contribution is 6.05. The highest BCUT2D eigenvalue weighted by atomic mass is 16.5. The number of amides is 4. The highest BCUT2D eigenvalue weighted by Gasteiger charge is 2.22. The van der Waals surface area contributed by atoms with Gasteiger partial charge in [-0.3, -0.25) is 29.8 Å². The summed E-state index contributed by atoms with van der Waals surface area (Å²) in [4.78, 5) is 58.7. The molecular formula is C31H28N10O8. The Kier molecular flexibility index (Phi) is 8.27. The van der Waals surface area contributed by atoms with E-state index in [4.69, 9.17) is 25.3 Å². The monoisotopic (exact) mass is 668 g/mol. The van der Waals surface area contributed by atoms with E-state index in [0.717, 1.165) is 0 Å². The van der Waals surface area contributed by atoms with Crippen LogP contribution in [0.15, 0.2) is 57.6 Å². The number of nitrogens with zero attached hydrogens (tertiary/aromatic N) is 6. The van der Waals surface area contributed by atoms with Crippen LogP contribution in [0, 0.1) is 13.8 Å². The zero-order valence-corrected chi connectivity index (χ0v) is 26.2. The summed E-state index contributed by atoms with van der Waals surface area (Å²) in [5, 5.41) is 23.7. The molecule has 0 unspecified atom stereocenters. The predicted octanol–water partition coefficient (Wildman–Crippen LogP) is 2.65. The third-order valence-corrected chi connectivity index (χ3v) is 7.33. The van der Waals surface area contributed by atoms with E-state index in [-0.39, 0.29) is 70.0 Å². The number of carbonyl (C=O) groups is 4. The molecule has 0 aliphatic rings. The van der Waals surface area contributed by atoms with Crippen molar-refractivity contribution in [3.8, 4) is 11.5 Å². The van der Waals surface area contributed by atoms with Crippen LogP contribution in [-0.2, 0) is 13.1 Å². The van der Waals surface area contributed by atoms with Crippen LogP contribution in [0.5, 0.6) is 11.5 Å². The molecule has 4 heterocycles. The minimum absolute atomic E-state index is 0.00415. The minimum atomic E-state index is -0.775. The first kappa shape index (κ1) is 32.0. The van der Waals surface area contributed by atoms with Gasteiger partial charge in [-0.05, 0) is 38.1 Å². The number of carbonyl (C=O) groups excluding carboxylic acids is 4. The Morgan fingerprint density at radius 2 is 1.24 bits per heavy atom. The fourth-order valence-corrected chi connectivity index (χ4v) is 5.10. The number of aromatic nitrogens is 6. The number of imidazole rings is 2. The standard InChI is InChI=1S/C31H28N10O8/c1-14-8-20(38-48-14)28(45)36-30-34-18-10-16(26(32)43)12-22(42)24(18)40(30)6-4-5-7-41-25-19(11-17(27(33)44)13-23(25)47-3)35-31(41)37-29(46)21-9-15(2)49-39-21/h4-5,8-13,42H,6-7H2,1-3H3,(H2,32,43)(H2,33,44)(H,34,36,45)(H,35,37,46)/b5-4+. The number of aryl methyl sites for hydroxylation is 2. The van der Waals surface area contributed by atoms with Crippen molar-refractivity contribution in [2.24, 2.45) is 11.5 Å².